The molecule has 0 bridgehead atoms. The highest BCUT2D eigenvalue weighted by Gasteiger charge is 2.20. The Balaban J connectivity index is 1.60. The van der Waals surface area contributed by atoms with Gasteiger partial charge in [0.15, 0.2) is 0 Å². The van der Waals surface area contributed by atoms with Crippen LogP contribution in [0.2, 0.25) is 0 Å². The molecule has 0 saturated carbocycles. The fourth-order valence-electron chi connectivity index (χ4n) is 4.08. The summed E-state index contributed by atoms with van der Waals surface area (Å²) in [6.07, 6.45) is 5.70. The zero-order chi connectivity index (χ0) is 24.4. The molecular weight excluding hydrogens is 448 g/mol. The first-order chi connectivity index (χ1) is 17.0. The first kappa shape index (κ1) is 22.3. The number of amides is 1. The van der Waals surface area contributed by atoms with Crippen LogP contribution in [0.3, 0.4) is 0 Å². The van der Waals surface area contributed by atoms with Gasteiger partial charge in [-0.25, -0.2) is 23.7 Å². The van der Waals surface area contributed by atoms with Gasteiger partial charge in [-0.2, -0.15) is 0 Å². The Morgan fingerprint density at radius 1 is 0.857 bits per heavy atom. The standard InChI is InChI=1S/C27H21F2N5O/c28-20-6-1-17(2-7-20)25-26(18-3-8-21(29)9-4-18)33-24-15-19(5-10-23(24)32-25)22(27(30)35)11-13-34-14-12-31-16-34/h1-10,12,14-16,22H,11,13H2,(H2,30,35). The number of aryl methyl sites for hydroxylation is 1. The third kappa shape index (κ3) is 4.77. The normalized spacial score (nSPS) is 12.1. The van der Waals surface area contributed by atoms with Crippen molar-refractivity contribution >= 4 is 16.9 Å². The molecule has 5 aromatic rings. The van der Waals surface area contributed by atoms with E-state index in [2.05, 4.69) is 4.98 Å². The number of imidazole rings is 1. The van der Waals surface area contributed by atoms with Crippen molar-refractivity contribution in [3.05, 3.63) is 103 Å². The molecule has 0 radical (unpaired) electrons. The fraction of sp³-hybridized carbons (Fsp3) is 0.111. The average Bonchev–Trinajstić information content (AvgIpc) is 3.38. The Labute approximate surface area is 200 Å². The van der Waals surface area contributed by atoms with E-state index in [1.165, 1.54) is 24.3 Å². The van der Waals surface area contributed by atoms with Gasteiger partial charge in [0, 0.05) is 30.1 Å². The van der Waals surface area contributed by atoms with Gasteiger partial charge in [0.05, 0.1) is 34.7 Å². The monoisotopic (exact) mass is 469 g/mol. The van der Waals surface area contributed by atoms with Gasteiger partial charge in [-0.15, -0.1) is 0 Å². The molecule has 2 aromatic heterocycles. The second-order valence-corrected chi connectivity index (χ2v) is 8.23. The highest BCUT2D eigenvalue weighted by atomic mass is 19.1. The van der Waals surface area contributed by atoms with E-state index in [1.807, 2.05) is 22.9 Å². The summed E-state index contributed by atoms with van der Waals surface area (Å²) in [5.74, 6) is -1.67. The van der Waals surface area contributed by atoms with Gasteiger partial charge >= 0.3 is 0 Å². The first-order valence-corrected chi connectivity index (χ1v) is 11.1. The molecule has 2 N–H and O–H groups in total. The number of nitrogens with zero attached hydrogens (tertiary/aromatic N) is 4. The molecule has 1 unspecified atom stereocenters. The van der Waals surface area contributed by atoms with E-state index in [4.69, 9.17) is 15.7 Å². The number of carbonyl (C=O) groups is 1. The molecule has 0 aliphatic carbocycles. The Hall–Kier alpha value is -4.46. The molecule has 35 heavy (non-hydrogen) atoms. The van der Waals surface area contributed by atoms with Crippen LogP contribution in [-0.2, 0) is 11.3 Å². The third-order valence-electron chi connectivity index (χ3n) is 5.90. The minimum absolute atomic E-state index is 0.358. The van der Waals surface area contributed by atoms with Crippen LogP contribution in [-0.4, -0.2) is 25.4 Å². The van der Waals surface area contributed by atoms with E-state index < -0.39 is 11.8 Å². The maximum absolute atomic E-state index is 13.6. The molecule has 1 amide bonds. The summed E-state index contributed by atoms with van der Waals surface area (Å²) in [6, 6.07) is 17.4. The second-order valence-electron chi connectivity index (χ2n) is 8.23. The van der Waals surface area contributed by atoms with E-state index >= 15 is 0 Å². The minimum atomic E-state index is -0.519. The molecule has 8 heteroatoms. The molecular formula is C27H21F2N5O. The van der Waals surface area contributed by atoms with E-state index in [1.54, 1.807) is 42.9 Å². The first-order valence-electron chi connectivity index (χ1n) is 11.1. The van der Waals surface area contributed by atoms with Crippen LogP contribution >= 0.6 is 0 Å². The van der Waals surface area contributed by atoms with Crippen molar-refractivity contribution in [1.82, 2.24) is 19.5 Å². The van der Waals surface area contributed by atoms with Crippen LogP contribution in [0.25, 0.3) is 33.5 Å². The van der Waals surface area contributed by atoms with Crippen molar-refractivity contribution < 1.29 is 13.6 Å². The van der Waals surface area contributed by atoms with E-state index in [0.717, 1.165) is 5.56 Å². The van der Waals surface area contributed by atoms with E-state index in [0.29, 0.717) is 46.5 Å². The predicted octanol–water partition coefficient (Wildman–Crippen LogP) is 5.10. The van der Waals surface area contributed by atoms with Gasteiger partial charge in [0.25, 0.3) is 0 Å². The van der Waals surface area contributed by atoms with Crippen LogP contribution in [0.4, 0.5) is 8.78 Å². The van der Waals surface area contributed by atoms with Crippen LogP contribution in [0.5, 0.6) is 0 Å². The van der Waals surface area contributed by atoms with Crippen LogP contribution in [0, 0.1) is 11.6 Å². The Morgan fingerprint density at radius 2 is 1.46 bits per heavy atom. The van der Waals surface area contributed by atoms with Crippen molar-refractivity contribution in [2.75, 3.05) is 0 Å². The topological polar surface area (TPSA) is 86.7 Å². The third-order valence-corrected chi connectivity index (χ3v) is 5.90. The maximum Gasteiger partial charge on any atom is 0.225 e. The molecule has 2 heterocycles. The highest BCUT2D eigenvalue weighted by Crippen LogP contribution is 2.32. The lowest BCUT2D eigenvalue weighted by atomic mass is 9.94. The number of carbonyl (C=O) groups excluding carboxylic acids is 1. The summed E-state index contributed by atoms with van der Waals surface area (Å²) in [5.41, 5.74) is 10.1. The summed E-state index contributed by atoms with van der Waals surface area (Å²) in [5, 5.41) is 0. The molecule has 0 aliphatic rings. The van der Waals surface area contributed by atoms with Crippen LogP contribution < -0.4 is 5.73 Å². The van der Waals surface area contributed by atoms with Gasteiger partial charge < -0.3 is 10.3 Å². The number of rotatable bonds is 7. The van der Waals surface area contributed by atoms with E-state index in [-0.39, 0.29) is 11.6 Å². The SMILES string of the molecule is NC(=O)C(CCn1ccnc1)c1ccc2nc(-c3ccc(F)cc3)c(-c3ccc(F)cc3)nc2c1. The largest absolute Gasteiger partial charge is 0.369 e. The van der Waals surface area contributed by atoms with Gasteiger partial charge in [-0.05, 0) is 72.6 Å². The lowest BCUT2D eigenvalue weighted by Gasteiger charge is -2.16. The number of primary amides is 1. The van der Waals surface area contributed by atoms with E-state index in [9.17, 15) is 13.6 Å². The average molecular weight is 469 g/mol. The number of nitrogens with two attached hydrogens (primary N) is 1. The molecule has 174 valence electrons. The number of halogens is 2. The lowest BCUT2D eigenvalue weighted by molar-refractivity contribution is -0.119. The van der Waals surface area contributed by atoms with Crippen molar-refractivity contribution in [2.24, 2.45) is 5.73 Å². The molecule has 0 spiro atoms. The number of fused-ring (bicyclic) bond motifs is 1. The molecule has 0 saturated heterocycles. The number of hydrogen-bond donors (Lipinski definition) is 1. The summed E-state index contributed by atoms with van der Waals surface area (Å²) in [7, 11) is 0. The second kappa shape index (κ2) is 9.42. The smallest absolute Gasteiger partial charge is 0.225 e. The van der Waals surface area contributed by atoms with Crippen molar-refractivity contribution in [3.8, 4) is 22.5 Å². The summed E-state index contributed by atoms with van der Waals surface area (Å²) >= 11 is 0. The van der Waals surface area contributed by atoms with Crippen LogP contribution in [0.1, 0.15) is 17.9 Å². The Bertz CT molecular complexity index is 1480. The minimum Gasteiger partial charge on any atom is -0.369 e. The molecule has 3 aromatic carbocycles. The molecule has 0 fully saturated rings. The number of hydrogen-bond acceptors (Lipinski definition) is 4. The summed E-state index contributed by atoms with van der Waals surface area (Å²) in [4.78, 5) is 25.9. The Morgan fingerprint density at radius 3 is 2.00 bits per heavy atom. The molecule has 1 atom stereocenters. The predicted molar refractivity (Wildman–Crippen MR) is 129 cm³/mol. The lowest BCUT2D eigenvalue weighted by Crippen LogP contribution is -2.22. The van der Waals surface area contributed by atoms with Gasteiger partial charge in [-0.1, -0.05) is 6.07 Å². The van der Waals surface area contributed by atoms with Crippen molar-refractivity contribution in [2.45, 2.75) is 18.9 Å². The van der Waals surface area contributed by atoms with Gasteiger partial charge in [0.1, 0.15) is 11.6 Å². The van der Waals surface area contributed by atoms with Crippen LogP contribution in [0.15, 0.2) is 85.5 Å². The van der Waals surface area contributed by atoms with Gasteiger partial charge in [-0.3, -0.25) is 4.79 Å². The van der Waals surface area contributed by atoms with Crippen molar-refractivity contribution in [1.29, 1.82) is 0 Å². The van der Waals surface area contributed by atoms with Gasteiger partial charge in [0.2, 0.25) is 5.91 Å². The zero-order valence-corrected chi connectivity index (χ0v) is 18.6. The molecule has 6 nitrogen and oxygen atoms in total. The molecule has 5 rings (SSSR count). The quantitative estimate of drug-likeness (QED) is 0.359. The number of aromatic nitrogens is 4. The summed E-state index contributed by atoms with van der Waals surface area (Å²) in [6.45, 7) is 0.585. The highest BCUT2D eigenvalue weighted by molar-refractivity contribution is 5.88. The zero-order valence-electron chi connectivity index (χ0n) is 18.6. The maximum atomic E-state index is 13.6. The number of benzene rings is 3. The fourth-order valence-corrected chi connectivity index (χ4v) is 4.08. The molecule has 0 aliphatic heterocycles. The summed E-state index contributed by atoms with van der Waals surface area (Å²) < 4.78 is 29.0. The van der Waals surface area contributed by atoms with Crippen molar-refractivity contribution in [3.63, 3.8) is 0 Å². The Kier molecular flexibility index (Phi) is 6.01.